The molecule has 1 fully saturated rings. The summed E-state index contributed by atoms with van der Waals surface area (Å²) < 4.78 is 0. The van der Waals surface area contributed by atoms with Gasteiger partial charge < -0.3 is 10.0 Å². The third-order valence-corrected chi connectivity index (χ3v) is 5.53. The first-order valence-corrected chi connectivity index (χ1v) is 9.69. The minimum absolute atomic E-state index is 0.00161. The van der Waals surface area contributed by atoms with Gasteiger partial charge in [0.2, 0.25) is 0 Å². The number of aromatic amines is 1. The van der Waals surface area contributed by atoms with Crippen LogP contribution >= 0.6 is 11.6 Å². The second-order valence-corrected chi connectivity index (χ2v) is 7.38. The lowest BCUT2D eigenvalue weighted by Gasteiger charge is -2.34. The van der Waals surface area contributed by atoms with E-state index < -0.39 is 0 Å². The summed E-state index contributed by atoms with van der Waals surface area (Å²) in [4.78, 5) is 10.7. The molecule has 3 aromatic rings. The van der Waals surface area contributed by atoms with Crippen LogP contribution in [0.5, 0.6) is 0 Å². The zero-order chi connectivity index (χ0) is 19.5. The predicted octanol–water partition coefficient (Wildman–Crippen LogP) is 3.87. The summed E-state index contributed by atoms with van der Waals surface area (Å²) >= 11 is 6.06. The fourth-order valence-corrected chi connectivity index (χ4v) is 3.88. The summed E-state index contributed by atoms with van der Waals surface area (Å²) in [6.07, 6.45) is 5.23. The molecule has 7 heteroatoms. The molecule has 3 heterocycles. The average molecular weight is 396 g/mol. The van der Waals surface area contributed by atoms with Gasteiger partial charge in [-0.1, -0.05) is 30.3 Å². The molecule has 2 aromatic heterocycles. The van der Waals surface area contributed by atoms with Crippen molar-refractivity contribution in [2.45, 2.75) is 18.8 Å². The van der Waals surface area contributed by atoms with Crippen molar-refractivity contribution in [1.82, 2.24) is 25.1 Å². The number of rotatable bonds is 5. The van der Waals surface area contributed by atoms with E-state index in [1.165, 1.54) is 0 Å². The molecule has 0 aliphatic carbocycles. The Morgan fingerprint density at radius 2 is 1.96 bits per heavy atom. The van der Waals surface area contributed by atoms with Crippen LogP contribution in [0.15, 0.2) is 55.1 Å². The molecule has 2 N–H and O–H groups in total. The van der Waals surface area contributed by atoms with Crippen molar-refractivity contribution in [3.8, 4) is 22.5 Å². The quantitative estimate of drug-likeness (QED) is 0.685. The van der Waals surface area contributed by atoms with Crippen LogP contribution in [0.3, 0.4) is 0 Å². The van der Waals surface area contributed by atoms with Crippen molar-refractivity contribution < 1.29 is 5.11 Å². The number of H-pyrrole nitrogens is 1. The Morgan fingerprint density at radius 1 is 1.21 bits per heavy atom. The van der Waals surface area contributed by atoms with E-state index in [0.29, 0.717) is 10.9 Å². The van der Waals surface area contributed by atoms with Crippen LogP contribution in [0.25, 0.3) is 22.5 Å². The standard InChI is InChI=1S/C21H22ClN5O/c1-14(12-28)27-10-7-16(8-11-27)21-19(18-6-9-23-13-24-18)20(25-26-21)15-2-4-17(22)5-3-15/h2-6,9,13,16,28H,1,7-8,10-12H2,(H,25,26). The van der Waals surface area contributed by atoms with Gasteiger partial charge >= 0.3 is 0 Å². The van der Waals surface area contributed by atoms with Crippen molar-refractivity contribution >= 4 is 11.6 Å². The molecule has 4 rings (SSSR count). The van der Waals surface area contributed by atoms with Gasteiger partial charge in [0.05, 0.1) is 12.3 Å². The van der Waals surface area contributed by atoms with Gasteiger partial charge in [0.1, 0.15) is 12.0 Å². The molecule has 144 valence electrons. The highest BCUT2D eigenvalue weighted by molar-refractivity contribution is 6.30. The van der Waals surface area contributed by atoms with Crippen molar-refractivity contribution in [3.05, 3.63) is 65.8 Å². The van der Waals surface area contributed by atoms with E-state index in [4.69, 9.17) is 11.6 Å². The number of hydrogen-bond acceptors (Lipinski definition) is 5. The Kier molecular flexibility index (Phi) is 5.41. The van der Waals surface area contributed by atoms with E-state index in [9.17, 15) is 5.11 Å². The highest BCUT2D eigenvalue weighted by Crippen LogP contribution is 2.39. The van der Waals surface area contributed by atoms with Gasteiger partial charge in [-0.2, -0.15) is 5.10 Å². The first-order valence-electron chi connectivity index (χ1n) is 9.31. The third kappa shape index (κ3) is 3.66. The molecular formula is C21H22ClN5O. The largest absolute Gasteiger partial charge is 0.390 e. The molecule has 6 nitrogen and oxygen atoms in total. The summed E-state index contributed by atoms with van der Waals surface area (Å²) in [5.41, 5.74) is 5.60. The van der Waals surface area contributed by atoms with Gasteiger partial charge in [0, 0.05) is 52.7 Å². The predicted molar refractivity (Wildman–Crippen MR) is 110 cm³/mol. The van der Waals surface area contributed by atoms with Crippen LogP contribution in [-0.2, 0) is 0 Å². The minimum atomic E-state index is 0.00161. The maximum atomic E-state index is 9.33. The number of benzene rings is 1. The average Bonchev–Trinajstić information content (AvgIpc) is 3.19. The highest BCUT2D eigenvalue weighted by atomic mass is 35.5. The number of halogens is 1. The third-order valence-electron chi connectivity index (χ3n) is 5.28. The topological polar surface area (TPSA) is 77.9 Å². The molecule has 0 saturated carbocycles. The van der Waals surface area contributed by atoms with E-state index in [1.54, 1.807) is 12.5 Å². The Hall–Kier alpha value is -2.70. The maximum Gasteiger partial charge on any atom is 0.116 e. The van der Waals surface area contributed by atoms with Gasteiger partial charge in [-0.3, -0.25) is 5.10 Å². The first kappa shape index (κ1) is 18.7. The molecule has 1 saturated heterocycles. The van der Waals surface area contributed by atoms with E-state index in [0.717, 1.165) is 59.8 Å². The summed E-state index contributed by atoms with van der Waals surface area (Å²) in [5.74, 6) is 0.334. The lowest BCUT2D eigenvalue weighted by atomic mass is 9.88. The molecule has 0 spiro atoms. The normalized spacial score (nSPS) is 15.0. The molecule has 1 aliphatic rings. The summed E-state index contributed by atoms with van der Waals surface area (Å²) in [7, 11) is 0. The van der Waals surface area contributed by atoms with Gasteiger partial charge in [0.15, 0.2) is 0 Å². The molecule has 0 bridgehead atoms. The number of aliphatic hydroxyl groups is 1. The highest BCUT2D eigenvalue weighted by Gasteiger charge is 2.27. The van der Waals surface area contributed by atoms with Crippen LogP contribution in [0, 0.1) is 0 Å². The molecule has 1 aromatic carbocycles. The zero-order valence-corrected chi connectivity index (χ0v) is 16.2. The molecule has 0 unspecified atom stereocenters. The second kappa shape index (κ2) is 8.12. The first-order chi connectivity index (χ1) is 13.7. The number of hydrogen-bond donors (Lipinski definition) is 2. The van der Waals surface area contributed by atoms with Gasteiger partial charge in [-0.25, -0.2) is 9.97 Å². The number of piperidine rings is 1. The monoisotopic (exact) mass is 395 g/mol. The smallest absolute Gasteiger partial charge is 0.116 e. The van der Waals surface area contributed by atoms with E-state index >= 15 is 0 Å². The van der Waals surface area contributed by atoms with E-state index in [1.807, 2.05) is 30.3 Å². The van der Waals surface area contributed by atoms with Crippen LogP contribution in [-0.4, -0.2) is 49.9 Å². The van der Waals surface area contributed by atoms with Gasteiger partial charge in [-0.15, -0.1) is 0 Å². The molecule has 0 atom stereocenters. The van der Waals surface area contributed by atoms with Crippen molar-refractivity contribution in [3.63, 3.8) is 0 Å². The van der Waals surface area contributed by atoms with Crippen LogP contribution < -0.4 is 0 Å². The number of aliphatic hydroxyl groups excluding tert-OH is 1. The van der Waals surface area contributed by atoms with Gasteiger partial charge in [0.25, 0.3) is 0 Å². The summed E-state index contributed by atoms with van der Waals surface area (Å²) in [6.45, 7) is 5.67. The Bertz CT molecular complexity index is 947. The van der Waals surface area contributed by atoms with Crippen molar-refractivity contribution in [2.75, 3.05) is 19.7 Å². The Morgan fingerprint density at radius 3 is 2.61 bits per heavy atom. The Labute approximate surface area is 168 Å². The van der Waals surface area contributed by atoms with Crippen LogP contribution in [0.4, 0.5) is 0 Å². The lowest BCUT2D eigenvalue weighted by Crippen LogP contribution is -2.33. The molecule has 0 amide bonds. The maximum absolute atomic E-state index is 9.33. The molecule has 28 heavy (non-hydrogen) atoms. The summed E-state index contributed by atoms with van der Waals surface area (Å²) in [6, 6.07) is 9.60. The number of aromatic nitrogens is 4. The number of nitrogens with one attached hydrogen (secondary N) is 1. The van der Waals surface area contributed by atoms with Crippen molar-refractivity contribution in [1.29, 1.82) is 0 Å². The minimum Gasteiger partial charge on any atom is -0.390 e. The Balaban J connectivity index is 1.70. The summed E-state index contributed by atoms with van der Waals surface area (Å²) in [5, 5.41) is 17.9. The van der Waals surface area contributed by atoms with Crippen molar-refractivity contribution in [2.24, 2.45) is 0 Å². The number of likely N-dealkylation sites (tertiary alicyclic amines) is 1. The van der Waals surface area contributed by atoms with E-state index in [-0.39, 0.29) is 6.61 Å². The van der Waals surface area contributed by atoms with Crippen LogP contribution in [0.1, 0.15) is 24.5 Å². The molecule has 0 radical (unpaired) electrons. The zero-order valence-electron chi connectivity index (χ0n) is 15.5. The molecule has 1 aliphatic heterocycles. The fourth-order valence-electron chi connectivity index (χ4n) is 3.75. The SMILES string of the molecule is C=C(CO)N1CCC(c2[nH]nc(-c3ccc(Cl)cc3)c2-c2ccncn2)CC1. The van der Waals surface area contributed by atoms with E-state index in [2.05, 4.69) is 31.6 Å². The van der Waals surface area contributed by atoms with Crippen LogP contribution in [0.2, 0.25) is 5.02 Å². The number of nitrogens with zero attached hydrogens (tertiary/aromatic N) is 4. The van der Waals surface area contributed by atoms with Gasteiger partial charge in [-0.05, 0) is 31.0 Å². The lowest BCUT2D eigenvalue weighted by molar-refractivity contribution is 0.215. The fraction of sp³-hybridized carbons (Fsp3) is 0.286. The second-order valence-electron chi connectivity index (χ2n) is 6.95. The molecular weight excluding hydrogens is 374 g/mol.